The van der Waals surface area contributed by atoms with E-state index in [9.17, 15) is 19.7 Å². The van der Waals surface area contributed by atoms with Gasteiger partial charge in [-0.2, -0.15) is 0 Å². The monoisotopic (exact) mass is 285 g/mol. The summed E-state index contributed by atoms with van der Waals surface area (Å²) in [6.45, 7) is -0.122. The number of carbonyl (C=O) groups excluding carboxylic acids is 2. The second-order valence-electron chi connectivity index (χ2n) is 3.76. The number of hydrogen-bond acceptors (Lipinski definition) is 4. The molecular formula is C11H12ClN3O4. The molecular weight excluding hydrogens is 274 g/mol. The third kappa shape index (κ3) is 3.65. The molecule has 0 fully saturated rings. The van der Waals surface area contributed by atoms with Gasteiger partial charge in [0.25, 0.3) is 11.6 Å². The Kier molecular flexibility index (Phi) is 4.82. The topological polar surface area (TPSA) is 92.6 Å². The van der Waals surface area contributed by atoms with E-state index in [1.54, 1.807) is 0 Å². The van der Waals surface area contributed by atoms with E-state index < -0.39 is 10.8 Å². The van der Waals surface area contributed by atoms with E-state index in [1.165, 1.54) is 31.1 Å². The molecule has 1 aromatic rings. The number of halogens is 1. The quantitative estimate of drug-likeness (QED) is 0.661. The molecule has 1 rings (SSSR count). The molecule has 0 aliphatic heterocycles. The first kappa shape index (κ1) is 14.9. The van der Waals surface area contributed by atoms with Crippen LogP contribution in [0.5, 0.6) is 0 Å². The number of nitrogens with one attached hydrogen (secondary N) is 1. The predicted molar refractivity (Wildman–Crippen MR) is 69.1 cm³/mol. The third-order valence-electron chi connectivity index (χ3n) is 2.40. The van der Waals surface area contributed by atoms with Crippen LogP contribution in [0.3, 0.4) is 0 Å². The lowest BCUT2D eigenvalue weighted by atomic mass is 10.2. The van der Waals surface area contributed by atoms with Crippen LogP contribution < -0.4 is 5.32 Å². The summed E-state index contributed by atoms with van der Waals surface area (Å²) >= 11 is 5.83. The van der Waals surface area contributed by atoms with Crippen molar-refractivity contribution in [1.29, 1.82) is 0 Å². The Labute approximate surface area is 114 Å². The minimum atomic E-state index is -0.603. The van der Waals surface area contributed by atoms with Gasteiger partial charge < -0.3 is 10.2 Å². The number of carbonyl (C=O) groups is 2. The van der Waals surface area contributed by atoms with E-state index in [1.807, 2.05) is 0 Å². The lowest BCUT2D eigenvalue weighted by molar-refractivity contribution is -0.384. The summed E-state index contributed by atoms with van der Waals surface area (Å²) < 4.78 is 0. The lowest BCUT2D eigenvalue weighted by Gasteiger charge is -2.16. The largest absolute Gasteiger partial charge is 0.358 e. The van der Waals surface area contributed by atoms with Gasteiger partial charge in [0.05, 0.1) is 22.1 Å². The van der Waals surface area contributed by atoms with E-state index in [-0.39, 0.29) is 28.7 Å². The molecule has 0 radical (unpaired) electrons. The van der Waals surface area contributed by atoms with Crippen LogP contribution in [0, 0.1) is 10.1 Å². The highest BCUT2D eigenvalue weighted by atomic mass is 35.5. The Morgan fingerprint density at radius 1 is 1.47 bits per heavy atom. The highest BCUT2D eigenvalue weighted by Gasteiger charge is 2.19. The summed E-state index contributed by atoms with van der Waals surface area (Å²) in [6.07, 6.45) is 0. The maximum atomic E-state index is 12.0. The number of amides is 2. The number of nitro benzene ring substituents is 1. The smallest absolute Gasteiger partial charge is 0.270 e. The zero-order valence-electron chi connectivity index (χ0n) is 10.3. The molecule has 0 atom stereocenters. The van der Waals surface area contributed by atoms with E-state index in [4.69, 9.17) is 11.6 Å². The van der Waals surface area contributed by atoms with E-state index >= 15 is 0 Å². The van der Waals surface area contributed by atoms with Crippen molar-refractivity contribution in [2.45, 2.75) is 0 Å². The third-order valence-corrected chi connectivity index (χ3v) is 2.71. The van der Waals surface area contributed by atoms with Crippen molar-refractivity contribution in [3.63, 3.8) is 0 Å². The Balaban J connectivity index is 2.94. The standard InChI is InChI=1S/C11H12ClN3O4/c1-13-10(16)6-14(2)11(17)8-4-3-7(15(18)19)5-9(8)12/h3-5H,6H2,1-2H3,(H,13,16). The van der Waals surface area contributed by atoms with Crippen LogP contribution in [0.4, 0.5) is 5.69 Å². The first-order chi connectivity index (χ1) is 8.86. The number of hydrogen-bond donors (Lipinski definition) is 1. The van der Waals surface area contributed by atoms with Gasteiger partial charge in [-0.05, 0) is 6.07 Å². The molecule has 7 nitrogen and oxygen atoms in total. The summed E-state index contributed by atoms with van der Waals surface area (Å²) in [7, 11) is 2.90. The number of likely N-dealkylation sites (N-methyl/N-ethyl adjacent to an activating group) is 2. The second kappa shape index (κ2) is 6.14. The molecule has 0 aromatic heterocycles. The summed E-state index contributed by atoms with van der Waals surface area (Å²) in [5, 5.41) is 12.9. The predicted octanol–water partition coefficient (Wildman–Crippen LogP) is 1.07. The fourth-order valence-corrected chi connectivity index (χ4v) is 1.62. The van der Waals surface area contributed by atoms with Gasteiger partial charge in [0.1, 0.15) is 0 Å². The SMILES string of the molecule is CNC(=O)CN(C)C(=O)c1ccc([N+](=O)[O-])cc1Cl. The van der Waals surface area contributed by atoms with Crippen LogP contribution >= 0.6 is 11.6 Å². The molecule has 0 saturated heterocycles. The number of rotatable bonds is 4. The molecule has 0 unspecified atom stereocenters. The average molecular weight is 286 g/mol. The molecule has 19 heavy (non-hydrogen) atoms. The highest BCUT2D eigenvalue weighted by Crippen LogP contribution is 2.23. The first-order valence-electron chi connectivity index (χ1n) is 5.26. The van der Waals surface area contributed by atoms with Crippen molar-refractivity contribution in [3.05, 3.63) is 38.9 Å². The maximum absolute atomic E-state index is 12.0. The van der Waals surface area contributed by atoms with Gasteiger partial charge in [-0.3, -0.25) is 19.7 Å². The van der Waals surface area contributed by atoms with Crippen molar-refractivity contribution in [2.24, 2.45) is 0 Å². The second-order valence-corrected chi connectivity index (χ2v) is 4.16. The van der Waals surface area contributed by atoms with Crippen LogP contribution in [0.1, 0.15) is 10.4 Å². The number of non-ortho nitro benzene ring substituents is 1. The van der Waals surface area contributed by atoms with Gasteiger partial charge in [0.2, 0.25) is 5.91 Å². The minimum Gasteiger partial charge on any atom is -0.358 e. The van der Waals surface area contributed by atoms with Crippen molar-refractivity contribution < 1.29 is 14.5 Å². The fourth-order valence-electron chi connectivity index (χ4n) is 1.36. The first-order valence-corrected chi connectivity index (χ1v) is 5.64. The van der Waals surface area contributed by atoms with E-state index in [0.717, 1.165) is 6.07 Å². The molecule has 102 valence electrons. The molecule has 0 heterocycles. The van der Waals surface area contributed by atoms with E-state index in [0.29, 0.717) is 0 Å². The molecule has 0 spiro atoms. The zero-order chi connectivity index (χ0) is 14.6. The summed E-state index contributed by atoms with van der Waals surface area (Å²) in [5.41, 5.74) is -0.0887. The van der Waals surface area contributed by atoms with Gasteiger partial charge in [0.15, 0.2) is 0 Å². The van der Waals surface area contributed by atoms with Gasteiger partial charge in [-0.15, -0.1) is 0 Å². The number of nitro groups is 1. The number of nitrogens with zero attached hydrogens (tertiary/aromatic N) is 2. The van der Waals surface area contributed by atoms with Crippen molar-refractivity contribution >= 4 is 29.1 Å². The molecule has 8 heteroatoms. The summed E-state index contributed by atoms with van der Waals surface area (Å²) in [5.74, 6) is -0.808. The van der Waals surface area contributed by atoms with Crippen molar-refractivity contribution in [1.82, 2.24) is 10.2 Å². The maximum Gasteiger partial charge on any atom is 0.270 e. The molecule has 0 bridgehead atoms. The fraction of sp³-hybridized carbons (Fsp3) is 0.273. The van der Waals surface area contributed by atoms with Crippen LogP contribution in [-0.4, -0.2) is 42.3 Å². The van der Waals surface area contributed by atoms with Gasteiger partial charge >= 0.3 is 0 Å². The normalized spacial score (nSPS) is 9.84. The number of benzene rings is 1. The van der Waals surface area contributed by atoms with Crippen molar-refractivity contribution in [2.75, 3.05) is 20.6 Å². The molecule has 0 aliphatic carbocycles. The Hall–Kier alpha value is -2.15. The Morgan fingerprint density at radius 3 is 2.58 bits per heavy atom. The van der Waals surface area contributed by atoms with Crippen LogP contribution in [0.2, 0.25) is 5.02 Å². The summed E-state index contributed by atoms with van der Waals surface area (Å²) in [4.78, 5) is 34.3. The van der Waals surface area contributed by atoms with Crippen LogP contribution in [0.15, 0.2) is 18.2 Å². The minimum absolute atomic E-state index is 0.0250. The summed E-state index contributed by atoms with van der Waals surface area (Å²) in [6, 6.07) is 3.55. The van der Waals surface area contributed by atoms with Crippen LogP contribution in [-0.2, 0) is 4.79 Å². The zero-order valence-corrected chi connectivity index (χ0v) is 11.1. The molecule has 1 N–H and O–H groups in total. The lowest BCUT2D eigenvalue weighted by Crippen LogP contribution is -2.37. The highest BCUT2D eigenvalue weighted by molar-refractivity contribution is 6.34. The molecule has 0 saturated carbocycles. The molecule has 2 amide bonds. The molecule has 0 aliphatic rings. The van der Waals surface area contributed by atoms with E-state index in [2.05, 4.69) is 5.32 Å². The van der Waals surface area contributed by atoms with Gasteiger partial charge in [-0.1, -0.05) is 11.6 Å². The van der Waals surface area contributed by atoms with Crippen LogP contribution in [0.25, 0.3) is 0 Å². The average Bonchev–Trinajstić information content (AvgIpc) is 2.37. The van der Waals surface area contributed by atoms with Gasteiger partial charge in [-0.25, -0.2) is 0 Å². The van der Waals surface area contributed by atoms with Crippen molar-refractivity contribution in [3.8, 4) is 0 Å². The molecule has 1 aromatic carbocycles. The Bertz CT molecular complexity index is 533. The van der Waals surface area contributed by atoms with Gasteiger partial charge in [0, 0.05) is 26.2 Å². The Morgan fingerprint density at radius 2 is 2.11 bits per heavy atom.